The van der Waals surface area contributed by atoms with Crippen molar-refractivity contribution in [3.8, 4) is 0 Å². The van der Waals surface area contributed by atoms with Gasteiger partial charge < -0.3 is 10.6 Å². The molecule has 2 aromatic rings. The summed E-state index contributed by atoms with van der Waals surface area (Å²) in [4.78, 5) is 21.6. The normalized spacial score (nSPS) is 10.2. The molecule has 98 valence electrons. The summed E-state index contributed by atoms with van der Waals surface area (Å²) < 4.78 is 0. The van der Waals surface area contributed by atoms with E-state index in [2.05, 4.69) is 9.97 Å². The fourth-order valence-electron chi connectivity index (χ4n) is 1.66. The molecule has 5 nitrogen and oxygen atoms in total. The first-order chi connectivity index (χ1) is 9.08. The SMILES string of the molecule is CN(Cc1ccncc1)C(=O)c1cc(N)ncc1Cl. The molecule has 0 aliphatic heterocycles. The minimum atomic E-state index is -0.198. The van der Waals surface area contributed by atoms with Crippen LogP contribution in [0.5, 0.6) is 0 Å². The molecular weight excluding hydrogens is 264 g/mol. The maximum absolute atomic E-state index is 12.3. The van der Waals surface area contributed by atoms with E-state index in [1.165, 1.54) is 12.3 Å². The van der Waals surface area contributed by atoms with Gasteiger partial charge in [0.15, 0.2) is 0 Å². The van der Waals surface area contributed by atoms with E-state index in [0.29, 0.717) is 17.1 Å². The molecule has 1 amide bonds. The molecule has 0 fully saturated rings. The summed E-state index contributed by atoms with van der Waals surface area (Å²) in [5.41, 5.74) is 6.91. The number of carbonyl (C=O) groups excluding carboxylic acids is 1. The van der Waals surface area contributed by atoms with Crippen molar-refractivity contribution in [2.24, 2.45) is 0 Å². The third kappa shape index (κ3) is 3.20. The zero-order chi connectivity index (χ0) is 13.8. The lowest BCUT2D eigenvalue weighted by atomic mass is 10.2. The lowest BCUT2D eigenvalue weighted by Crippen LogP contribution is -2.26. The van der Waals surface area contributed by atoms with Gasteiger partial charge in [0.25, 0.3) is 5.91 Å². The number of pyridine rings is 2. The fourth-order valence-corrected chi connectivity index (χ4v) is 1.84. The number of carbonyl (C=O) groups is 1. The Balaban J connectivity index is 2.17. The Morgan fingerprint density at radius 1 is 1.42 bits per heavy atom. The molecular formula is C13H13ClN4O. The van der Waals surface area contributed by atoms with Crippen molar-refractivity contribution in [1.29, 1.82) is 0 Å². The lowest BCUT2D eigenvalue weighted by molar-refractivity contribution is 0.0785. The largest absolute Gasteiger partial charge is 0.384 e. The molecule has 2 rings (SSSR count). The van der Waals surface area contributed by atoms with Crippen molar-refractivity contribution in [1.82, 2.24) is 14.9 Å². The van der Waals surface area contributed by atoms with E-state index in [0.717, 1.165) is 5.56 Å². The Morgan fingerprint density at radius 3 is 2.79 bits per heavy atom. The predicted octanol–water partition coefficient (Wildman–Crippen LogP) is 1.98. The van der Waals surface area contributed by atoms with E-state index >= 15 is 0 Å². The first-order valence-corrected chi connectivity index (χ1v) is 6.01. The monoisotopic (exact) mass is 276 g/mol. The van der Waals surface area contributed by atoms with Gasteiger partial charge in [-0.2, -0.15) is 0 Å². The Hall–Kier alpha value is -2.14. The van der Waals surface area contributed by atoms with Gasteiger partial charge in [-0.05, 0) is 23.8 Å². The Bertz CT molecular complexity index is 588. The molecule has 0 aromatic carbocycles. The maximum atomic E-state index is 12.3. The van der Waals surface area contributed by atoms with Crippen LogP contribution in [-0.2, 0) is 6.54 Å². The summed E-state index contributed by atoms with van der Waals surface area (Å²) in [6.07, 6.45) is 4.75. The quantitative estimate of drug-likeness (QED) is 0.930. The second kappa shape index (κ2) is 5.67. The zero-order valence-electron chi connectivity index (χ0n) is 10.4. The standard InChI is InChI=1S/C13H13ClN4O/c1-18(8-9-2-4-16-5-3-9)13(19)10-6-12(15)17-7-11(10)14/h2-7H,8H2,1H3,(H2,15,17). The highest BCUT2D eigenvalue weighted by Gasteiger charge is 2.16. The molecule has 0 atom stereocenters. The molecule has 0 radical (unpaired) electrons. The number of nitrogens with zero attached hydrogens (tertiary/aromatic N) is 3. The van der Waals surface area contributed by atoms with E-state index in [1.807, 2.05) is 12.1 Å². The molecule has 0 saturated heterocycles. The summed E-state index contributed by atoms with van der Waals surface area (Å²) in [6, 6.07) is 5.19. The van der Waals surface area contributed by atoms with Crippen molar-refractivity contribution < 1.29 is 4.79 Å². The second-order valence-electron chi connectivity index (χ2n) is 4.11. The van der Waals surface area contributed by atoms with E-state index in [9.17, 15) is 4.79 Å². The lowest BCUT2D eigenvalue weighted by Gasteiger charge is -2.18. The predicted molar refractivity (Wildman–Crippen MR) is 73.7 cm³/mol. The van der Waals surface area contributed by atoms with Crippen LogP contribution in [0.3, 0.4) is 0 Å². The van der Waals surface area contributed by atoms with Crippen molar-refractivity contribution in [2.45, 2.75) is 6.54 Å². The van der Waals surface area contributed by atoms with Crippen LogP contribution in [0.15, 0.2) is 36.8 Å². The summed E-state index contributed by atoms with van der Waals surface area (Å²) in [5.74, 6) is 0.0703. The second-order valence-corrected chi connectivity index (χ2v) is 4.51. The highest BCUT2D eigenvalue weighted by Crippen LogP contribution is 2.18. The van der Waals surface area contributed by atoms with Crippen LogP contribution in [0, 0.1) is 0 Å². The molecule has 0 bridgehead atoms. The summed E-state index contributed by atoms with van der Waals surface area (Å²) >= 11 is 5.96. The molecule has 0 aliphatic carbocycles. The van der Waals surface area contributed by atoms with E-state index < -0.39 is 0 Å². The van der Waals surface area contributed by atoms with E-state index in [4.69, 9.17) is 17.3 Å². The number of anilines is 1. The Morgan fingerprint density at radius 2 is 2.11 bits per heavy atom. The van der Waals surface area contributed by atoms with Gasteiger partial charge in [-0.15, -0.1) is 0 Å². The molecule has 19 heavy (non-hydrogen) atoms. The first-order valence-electron chi connectivity index (χ1n) is 5.63. The minimum absolute atomic E-state index is 0.198. The minimum Gasteiger partial charge on any atom is -0.384 e. The number of rotatable bonds is 3. The summed E-state index contributed by atoms with van der Waals surface area (Å²) in [6.45, 7) is 0.472. The molecule has 2 aromatic heterocycles. The van der Waals surface area contributed by atoms with Crippen LogP contribution in [0.25, 0.3) is 0 Å². The van der Waals surface area contributed by atoms with Crippen molar-refractivity contribution >= 4 is 23.3 Å². The van der Waals surface area contributed by atoms with Crippen LogP contribution >= 0.6 is 11.6 Å². The van der Waals surface area contributed by atoms with E-state index in [-0.39, 0.29) is 11.7 Å². The van der Waals surface area contributed by atoms with Gasteiger partial charge >= 0.3 is 0 Å². The third-order valence-electron chi connectivity index (χ3n) is 2.62. The summed E-state index contributed by atoms with van der Waals surface area (Å²) in [5, 5.41) is 0.292. The summed E-state index contributed by atoms with van der Waals surface area (Å²) in [7, 11) is 1.70. The van der Waals surface area contributed by atoms with Gasteiger partial charge in [0, 0.05) is 32.2 Å². The average Bonchev–Trinajstić information content (AvgIpc) is 2.42. The van der Waals surface area contributed by atoms with Gasteiger partial charge in [0.2, 0.25) is 0 Å². The van der Waals surface area contributed by atoms with Crippen LogP contribution in [0.4, 0.5) is 5.82 Å². The number of aromatic nitrogens is 2. The van der Waals surface area contributed by atoms with Crippen molar-refractivity contribution in [3.05, 3.63) is 52.9 Å². The number of halogens is 1. The van der Waals surface area contributed by atoms with Crippen LogP contribution in [0.2, 0.25) is 5.02 Å². The third-order valence-corrected chi connectivity index (χ3v) is 2.92. The topological polar surface area (TPSA) is 72.1 Å². The zero-order valence-corrected chi connectivity index (χ0v) is 11.1. The van der Waals surface area contributed by atoms with Gasteiger partial charge in [-0.1, -0.05) is 11.6 Å². The molecule has 0 aliphatic rings. The van der Waals surface area contributed by atoms with Crippen molar-refractivity contribution in [2.75, 3.05) is 12.8 Å². The highest BCUT2D eigenvalue weighted by molar-refractivity contribution is 6.33. The first kappa shape index (κ1) is 13.3. The number of amides is 1. The number of hydrogen-bond donors (Lipinski definition) is 1. The molecule has 6 heteroatoms. The molecule has 2 N–H and O–H groups in total. The van der Waals surface area contributed by atoms with Crippen LogP contribution in [-0.4, -0.2) is 27.8 Å². The van der Waals surface area contributed by atoms with Crippen LogP contribution in [0.1, 0.15) is 15.9 Å². The van der Waals surface area contributed by atoms with Gasteiger partial charge in [-0.25, -0.2) is 4.98 Å². The Labute approximate surface area is 116 Å². The van der Waals surface area contributed by atoms with Gasteiger partial charge in [-0.3, -0.25) is 9.78 Å². The highest BCUT2D eigenvalue weighted by atomic mass is 35.5. The van der Waals surface area contributed by atoms with Crippen LogP contribution < -0.4 is 5.73 Å². The van der Waals surface area contributed by atoms with E-state index in [1.54, 1.807) is 24.3 Å². The number of nitrogen functional groups attached to an aromatic ring is 1. The smallest absolute Gasteiger partial charge is 0.255 e. The number of nitrogens with two attached hydrogens (primary N) is 1. The molecule has 2 heterocycles. The molecule has 0 saturated carbocycles. The molecule has 0 spiro atoms. The van der Waals surface area contributed by atoms with Crippen molar-refractivity contribution in [3.63, 3.8) is 0 Å². The van der Waals surface area contributed by atoms with Gasteiger partial charge in [0.05, 0.1) is 10.6 Å². The number of hydrogen-bond acceptors (Lipinski definition) is 4. The Kier molecular flexibility index (Phi) is 3.97. The van der Waals surface area contributed by atoms with Gasteiger partial charge in [0.1, 0.15) is 5.82 Å². The average molecular weight is 277 g/mol. The maximum Gasteiger partial charge on any atom is 0.255 e. The molecule has 0 unspecified atom stereocenters. The fraction of sp³-hybridized carbons (Fsp3) is 0.154.